The Balaban J connectivity index is 3.01. The van der Waals surface area contributed by atoms with E-state index in [9.17, 15) is 4.79 Å². The zero-order valence-corrected chi connectivity index (χ0v) is 6.31. The summed E-state index contributed by atoms with van der Waals surface area (Å²) >= 11 is 1.19. The lowest BCUT2D eigenvalue weighted by Gasteiger charge is -1.89. The number of nitrogens with zero attached hydrogens (tertiary/aromatic N) is 1. The van der Waals surface area contributed by atoms with Crippen molar-refractivity contribution in [1.29, 1.82) is 0 Å². The average molecular weight is 157 g/mol. The van der Waals surface area contributed by atoms with Gasteiger partial charge in [-0.3, -0.25) is 0 Å². The van der Waals surface area contributed by atoms with Gasteiger partial charge in [-0.05, 0) is 18.0 Å². The van der Waals surface area contributed by atoms with Crippen LogP contribution >= 0.6 is 11.5 Å². The van der Waals surface area contributed by atoms with E-state index >= 15 is 0 Å². The van der Waals surface area contributed by atoms with Crippen molar-refractivity contribution >= 4 is 17.5 Å². The van der Waals surface area contributed by atoms with Gasteiger partial charge in [-0.1, -0.05) is 6.92 Å². The standard InChI is InChI=1S/C6H7NO2S/c1-2-5-4(6(8)9)3-10-7-5/h3H,2H2,1H3,(H,8,9). The first-order chi connectivity index (χ1) is 4.75. The maximum absolute atomic E-state index is 10.4. The van der Waals surface area contributed by atoms with Crippen molar-refractivity contribution in [2.75, 3.05) is 0 Å². The Hall–Kier alpha value is -0.900. The molecule has 0 amide bonds. The maximum Gasteiger partial charge on any atom is 0.338 e. The number of aromatic carboxylic acids is 1. The van der Waals surface area contributed by atoms with E-state index in [0.717, 1.165) is 0 Å². The van der Waals surface area contributed by atoms with Crippen LogP contribution in [0.25, 0.3) is 0 Å². The number of aryl methyl sites for hydroxylation is 1. The van der Waals surface area contributed by atoms with Crippen LogP contribution in [-0.2, 0) is 6.42 Å². The molecule has 1 aromatic heterocycles. The highest BCUT2D eigenvalue weighted by Gasteiger charge is 2.09. The Morgan fingerprint density at radius 1 is 1.90 bits per heavy atom. The Morgan fingerprint density at radius 2 is 2.60 bits per heavy atom. The third-order valence-electron chi connectivity index (χ3n) is 1.21. The molecular formula is C6H7NO2S. The number of carbonyl (C=O) groups is 1. The van der Waals surface area contributed by atoms with Crippen LogP contribution in [0.4, 0.5) is 0 Å². The summed E-state index contributed by atoms with van der Waals surface area (Å²) in [6.45, 7) is 1.89. The summed E-state index contributed by atoms with van der Waals surface area (Å²) in [5, 5.41) is 10.1. The summed E-state index contributed by atoms with van der Waals surface area (Å²) in [5.74, 6) is -0.884. The first-order valence-electron chi connectivity index (χ1n) is 2.92. The van der Waals surface area contributed by atoms with Crippen molar-refractivity contribution < 1.29 is 9.90 Å². The number of hydrogen-bond donors (Lipinski definition) is 1. The third kappa shape index (κ3) is 1.16. The number of aromatic nitrogens is 1. The lowest BCUT2D eigenvalue weighted by atomic mass is 10.2. The molecule has 0 fully saturated rings. The number of carboxylic acids is 1. The highest BCUT2D eigenvalue weighted by atomic mass is 32.1. The van der Waals surface area contributed by atoms with E-state index in [4.69, 9.17) is 5.11 Å². The molecule has 0 radical (unpaired) electrons. The second-order valence-corrected chi connectivity index (χ2v) is 2.46. The van der Waals surface area contributed by atoms with E-state index in [0.29, 0.717) is 17.7 Å². The predicted octanol–water partition coefficient (Wildman–Crippen LogP) is 1.40. The van der Waals surface area contributed by atoms with Crippen molar-refractivity contribution in [1.82, 2.24) is 4.37 Å². The minimum Gasteiger partial charge on any atom is -0.478 e. The molecule has 0 unspecified atom stereocenters. The fourth-order valence-electron chi connectivity index (χ4n) is 0.689. The van der Waals surface area contributed by atoms with Crippen LogP contribution in [0.3, 0.4) is 0 Å². The van der Waals surface area contributed by atoms with Crippen LogP contribution in [0, 0.1) is 0 Å². The molecule has 0 aliphatic rings. The molecule has 1 heterocycles. The fraction of sp³-hybridized carbons (Fsp3) is 0.333. The molecule has 0 aliphatic carbocycles. The largest absolute Gasteiger partial charge is 0.478 e. The Labute approximate surface area is 62.5 Å². The molecule has 1 aromatic rings. The van der Waals surface area contributed by atoms with E-state index in [-0.39, 0.29) is 0 Å². The molecule has 0 spiro atoms. The van der Waals surface area contributed by atoms with Gasteiger partial charge in [-0.15, -0.1) is 0 Å². The van der Waals surface area contributed by atoms with Crippen molar-refractivity contribution in [2.45, 2.75) is 13.3 Å². The Morgan fingerprint density at radius 3 is 3.00 bits per heavy atom. The van der Waals surface area contributed by atoms with Crippen molar-refractivity contribution in [3.05, 3.63) is 16.6 Å². The maximum atomic E-state index is 10.4. The van der Waals surface area contributed by atoms with Gasteiger partial charge in [-0.2, -0.15) is 4.37 Å². The monoisotopic (exact) mass is 157 g/mol. The fourth-order valence-corrected chi connectivity index (χ4v) is 1.44. The van der Waals surface area contributed by atoms with E-state index < -0.39 is 5.97 Å². The van der Waals surface area contributed by atoms with Gasteiger partial charge in [0.1, 0.15) is 0 Å². The summed E-state index contributed by atoms with van der Waals surface area (Å²) < 4.78 is 3.92. The van der Waals surface area contributed by atoms with Crippen LogP contribution in [0.5, 0.6) is 0 Å². The molecule has 0 bridgehead atoms. The summed E-state index contributed by atoms with van der Waals surface area (Å²) in [5.41, 5.74) is 1.02. The first kappa shape index (κ1) is 7.21. The predicted molar refractivity (Wildman–Crippen MR) is 38.5 cm³/mol. The van der Waals surface area contributed by atoms with Crippen molar-refractivity contribution in [3.8, 4) is 0 Å². The second-order valence-electron chi connectivity index (χ2n) is 1.83. The molecule has 4 heteroatoms. The number of rotatable bonds is 2. The van der Waals surface area contributed by atoms with Crippen LogP contribution in [0.1, 0.15) is 23.0 Å². The lowest BCUT2D eigenvalue weighted by molar-refractivity contribution is 0.0696. The molecule has 3 nitrogen and oxygen atoms in total. The Kier molecular flexibility index (Phi) is 2.01. The van der Waals surface area contributed by atoms with Crippen LogP contribution in [0.2, 0.25) is 0 Å². The summed E-state index contributed by atoms with van der Waals surface area (Å²) in [7, 11) is 0. The smallest absolute Gasteiger partial charge is 0.338 e. The van der Waals surface area contributed by atoms with Gasteiger partial charge < -0.3 is 5.11 Å². The van der Waals surface area contributed by atoms with Crippen molar-refractivity contribution in [3.63, 3.8) is 0 Å². The first-order valence-corrected chi connectivity index (χ1v) is 3.76. The van der Waals surface area contributed by atoms with Gasteiger partial charge >= 0.3 is 5.97 Å². The lowest BCUT2D eigenvalue weighted by Crippen LogP contribution is -1.98. The van der Waals surface area contributed by atoms with Crippen LogP contribution in [-0.4, -0.2) is 15.4 Å². The van der Waals surface area contributed by atoms with Gasteiger partial charge in [0.2, 0.25) is 0 Å². The van der Waals surface area contributed by atoms with Crippen LogP contribution in [0.15, 0.2) is 5.38 Å². The van der Waals surface area contributed by atoms with Gasteiger partial charge in [0.25, 0.3) is 0 Å². The highest BCUT2D eigenvalue weighted by Crippen LogP contribution is 2.10. The van der Waals surface area contributed by atoms with Gasteiger partial charge in [-0.25, -0.2) is 4.79 Å². The van der Waals surface area contributed by atoms with Gasteiger partial charge in [0, 0.05) is 5.38 Å². The van der Waals surface area contributed by atoms with Crippen molar-refractivity contribution in [2.24, 2.45) is 0 Å². The average Bonchev–Trinajstić information content (AvgIpc) is 2.33. The number of hydrogen-bond acceptors (Lipinski definition) is 3. The second kappa shape index (κ2) is 2.79. The minimum atomic E-state index is -0.884. The topological polar surface area (TPSA) is 50.2 Å². The molecule has 54 valence electrons. The molecular weight excluding hydrogens is 150 g/mol. The molecule has 10 heavy (non-hydrogen) atoms. The van der Waals surface area contributed by atoms with Gasteiger partial charge in [0.05, 0.1) is 11.3 Å². The van der Waals surface area contributed by atoms with E-state index in [1.54, 1.807) is 5.38 Å². The SMILES string of the molecule is CCc1nscc1C(=O)O. The molecule has 0 aliphatic heterocycles. The van der Waals surface area contributed by atoms with E-state index in [1.807, 2.05) is 6.92 Å². The van der Waals surface area contributed by atoms with E-state index in [2.05, 4.69) is 4.37 Å². The molecule has 0 saturated carbocycles. The van der Waals surface area contributed by atoms with E-state index in [1.165, 1.54) is 11.5 Å². The number of carboxylic acid groups (broad SMARTS) is 1. The molecule has 0 aromatic carbocycles. The zero-order chi connectivity index (χ0) is 7.56. The molecule has 0 saturated heterocycles. The zero-order valence-electron chi connectivity index (χ0n) is 5.50. The van der Waals surface area contributed by atoms with Gasteiger partial charge in [0.15, 0.2) is 0 Å². The normalized spacial score (nSPS) is 9.70. The molecule has 1 rings (SSSR count). The summed E-state index contributed by atoms with van der Waals surface area (Å²) in [6.07, 6.45) is 0.686. The summed E-state index contributed by atoms with van der Waals surface area (Å²) in [4.78, 5) is 10.4. The molecule has 0 atom stereocenters. The highest BCUT2D eigenvalue weighted by molar-refractivity contribution is 7.03. The minimum absolute atomic E-state index is 0.340. The molecule has 1 N–H and O–H groups in total. The quantitative estimate of drug-likeness (QED) is 0.706. The summed E-state index contributed by atoms with van der Waals surface area (Å²) in [6, 6.07) is 0. The van der Waals surface area contributed by atoms with Crippen LogP contribution < -0.4 is 0 Å². The Bertz CT molecular complexity index is 244. The third-order valence-corrected chi connectivity index (χ3v) is 1.88.